The van der Waals surface area contributed by atoms with Crippen LogP contribution in [0.1, 0.15) is 58.8 Å². The molecule has 2 N–H and O–H groups in total. The highest BCUT2D eigenvalue weighted by Gasteiger charge is 2.26. The number of hydrogen-bond acceptors (Lipinski definition) is 2. The Labute approximate surface area is 106 Å². The molecule has 3 heteroatoms. The van der Waals surface area contributed by atoms with Crippen LogP contribution in [0, 0.1) is 5.92 Å². The molecule has 0 aromatic rings. The molecule has 1 atom stereocenters. The van der Waals surface area contributed by atoms with Gasteiger partial charge in [-0.2, -0.15) is 0 Å². The van der Waals surface area contributed by atoms with Gasteiger partial charge in [0.2, 0.25) is 5.91 Å². The van der Waals surface area contributed by atoms with Gasteiger partial charge in [0.15, 0.2) is 0 Å². The number of hydrogen-bond donors (Lipinski definition) is 1. The van der Waals surface area contributed by atoms with E-state index >= 15 is 0 Å². The van der Waals surface area contributed by atoms with Gasteiger partial charge in [0, 0.05) is 25.6 Å². The topological polar surface area (TPSA) is 46.3 Å². The van der Waals surface area contributed by atoms with E-state index in [1.165, 1.54) is 32.1 Å². The van der Waals surface area contributed by atoms with Crippen molar-refractivity contribution < 1.29 is 4.79 Å². The van der Waals surface area contributed by atoms with Crippen molar-refractivity contribution in [3.8, 4) is 0 Å². The fraction of sp³-hybridized carbons (Fsp3) is 0.929. The van der Waals surface area contributed by atoms with Crippen molar-refractivity contribution in [3.63, 3.8) is 0 Å². The third kappa shape index (κ3) is 4.30. The van der Waals surface area contributed by atoms with E-state index in [0.717, 1.165) is 12.3 Å². The second-order valence-corrected chi connectivity index (χ2v) is 5.46. The van der Waals surface area contributed by atoms with Crippen molar-refractivity contribution in [1.29, 1.82) is 0 Å². The van der Waals surface area contributed by atoms with Gasteiger partial charge in [-0.1, -0.05) is 20.3 Å². The second kappa shape index (κ2) is 7.00. The molecular formula is C14H28N2O. The summed E-state index contributed by atoms with van der Waals surface area (Å²) < 4.78 is 0. The van der Waals surface area contributed by atoms with Gasteiger partial charge in [0.1, 0.15) is 0 Å². The van der Waals surface area contributed by atoms with Gasteiger partial charge in [-0.05, 0) is 38.0 Å². The predicted molar refractivity (Wildman–Crippen MR) is 71.7 cm³/mol. The molecule has 0 saturated heterocycles. The van der Waals surface area contributed by atoms with Crippen molar-refractivity contribution in [2.45, 2.75) is 70.9 Å². The first-order chi connectivity index (χ1) is 8.08. The molecule has 0 heterocycles. The Morgan fingerprint density at radius 2 is 1.88 bits per heavy atom. The number of carbonyl (C=O) groups is 1. The maximum atomic E-state index is 12.0. The van der Waals surface area contributed by atoms with Gasteiger partial charge in [-0.3, -0.25) is 4.79 Å². The van der Waals surface area contributed by atoms with Gasteiger partial charge in [-0.25, -0.2) is 0 Å². The summed E-state index contributed by atoms with van der Waals surface area (Å²) in [6.07, 6.45) is 7.55. The molecule has 1 saturated carbocycles. The molecule has 0 radical (unpaired) electrons. The molecule has 1 amide bonds. The normalized spacial score (nSPS) is 26.6. The molecule has 1 aliphatic carbocycles. The Hall–Kier alpha value is -0.570. The van der Waals surface area contributed by atoms with E-state index in [-0.39, 0.29) is 11.9 Å². The van der Waals surface area contributed by atoms with Crippen molar-refractivity contribution >= 4 is 5.91 Å². The first-order valence-corrected chi connectivity index (χ1v) is 7.09. The standard InChI is InChI=1S/C14H28N2O/c1-4-11-6-8-13(9-7-11)16(3)14(17)10-12(15)5-2/h11-13H,4-10,15H2,1-3H3. The lowest BCUT2D eigenvalue weighted by atomic mass is 9.84. The lowest BCUT2D eigenvalue weighted by Crippen LogP contribution is -2.41. The fourth-order valence-corrected chi connectivity index (χ4v) is 2.66. The van der Waals surface area contributed by atoms with Crippen molar-refractivity contribution in [2.75, 3.05) is 7.05 Å². The molecule has 0 spiro atoms. The van der Waals surface area contributed by atoms with Crippen molar-refractivity contribution in [3.05, 3.63) is 0 Å². The van der Waals surface area contributed by atoms with Crippen LogP contribution in [0.2, 0.25) is 0 Å². The summed E-state index contributed by atoms with van der Waals surface area (Å²) in [7, 11) is 1.95. The van der Waals surface area contributed by atoms with E-state index in [1.807, 2.05) is 18.9 Å². The average Bonchev–Trinajstić information content (AvgIpc) is 2.37. The summed E-state index contributed by atoms with van der Waals surface area (Å²) in [5.41, 5.74) is 5.84. The largest absolute Gasteiger partial charge is 0.343 e. The summed E-state index contributed by atoms with van der Waals surface area (Å²) in [6.45, 7) is 4.30. The van der Waals surface area contributed by atoms with Gasteiger partial charge >= 0.3 is 0 Å². The molecule has 0 aliphatic heterocycles. The summed E-state index contributed by atoms with van der Waals surface area (Å²) in [5.74, 6) is 1.10. The van der Waals surface area contributed by atoms with E-state index in [1.54, 1.807) is 0 Å². The van der Waals surface area contributed by atoms with Gasteiger partial charge in [0.25, 0.3) is 0 Å². The molecule has 1 rings (SSSR count). The van der Waals surface area contributed by atoms with E-state index in [9.17, 15) is 4.79 Å². The quantitative estimate of drug-likeness (QED) is 0.802. The summed E-state index contributed by atoms with van der Waals surface area (Å²) >= 11 is 0. The van der Waals surface area contributed by atoms with Gasteiger partial charge in [0.05, 0.1) is 0 Å². The molecule has 1 aliphatic rings. The van der Waals surface area contributed by atoms with Crippen LogP contribution >= 0.6 is 0 Å². The van der Waals surface area contributed by atoms with Crippen molar-refractivity contribution in [1.82, 2.24) is 4.90 Å². The van der Waals surface area contributed by atoms with Crippen LogP contribution in [0.15, 0.2) is 0 Å². The minimum absolute atomic E-state index is 0.0249. The molecule has 0 aromatic carbocycles. The van der Waals surface area contributed by atoms with Crippen LogP contribution < -0.4 is 5.73 Å². The van der Waals surface area contributed by atoms with Crippen LogP contribution in [0.3, 0.4) is 0 Å². The fourth-order valence-electron chi connectivity index (χ4n) is 2.66. The molecule has 0 aromatic heterocycles. The maximum absolute atomic E-state index is 12.0. The third-order valence-electron chi connectivity index (χ3n) is 4.30. The maximum Gasteiger partial charge on any atom is 0.224 e. The number of rotatable bonds is 5. The van der Waals surface area contributed by atoms with Crippen molar-refractivity contribution in [2.24, 2.45) is 11.7 Å². The smallest absolute Gasteiger partial charge is 0.224 e. The van der Waals surface area contributed by atoms with E-state index in [2.05, 4.69) is 6.92 Å². The lowest BCUT2D eigenvalue weighted by molar-refractivity contribution is -0.133. The number of carbonyl (C=O) groups excluding carboxylic acids is 1. The Morgan fingerprint density at radius 1 is 1.29 bits per heavy atom. The van der Waals surface area contributed by atoms with Crippen LogP contribution in [0.4, 0.5) is 0 Å². The summed E-state index contributed by atoms with van der Waals surface area (Å²) in [5, 5.41) is 0. The van der Waals surface area contributed by atoms with E-state index in [4.69, 9.17) is 5.73 Å². The zero-order valence-electron chi connectivity index (χ0n) is 11.6. The number of amides is 1. The molecule has 100 valence electrons. The van der Waals surface area contributed by atoms with E-state index < -0.39 is 0 Å². The second-order valence-electron chi connectivity index (χ2n) is 5.46. The Kier molecular flexibility index (Phi) is 5.96. The molecule has 3 nitrogen and oxygen atoms in total. The highest BCUT2D eigenvalue weighted by atomic mass is 16.2. The van der Waals surface area contributed by atoms with Crippen LogP contribution in [0.25, 0.3) is 0 Å². The average molecular weight is 240 g/mol. The molecule has 17 heavy (non-hydrogen) atoms. The Bertz CT molecular complexity index is 234. The zero-order valence-corrected chi connectivity index (χ0v) is 11.6. The van der Waals surface area contributed by atoms with Crippen LogP contribution in [-0.2, 0) is 4.79 Å². The minimum Gasteiger partial charge on any atom is -0.343 e. The highest BCUT2D eigenvalue weighted by Crippen LogP contribution is 2.29. The van der Waals surface area contributed by atoms with Crippen LogP contribution in [0.5, 0.6) is 0 Å². The Balaban J connectivity index is 2.37. The summed E-state index contributed by atoms with van der Waals surface area (Å²) in [4.78, 5) is 14.0. The molecule has 1 fully saturated rings. The first kappa shape index (κ1) is 14.5. The summed E-state index contributed by atoms with van der Waals surface area (Å²) in [6, 6.07) is 0.478. The number of nitrogens with two attached hydrogens (primary N) is 1. The van der Waals surface area contributed by atoms with E-state index in [0.29, 0.717) is 12.5 Å². The zero-order chi connectivity index (χ0) is 12.8. The lowest BCUT2D eigenvalue weighted by Gasteiger charge is -2.34. The third-order valence-corrected chi connectivity index (χ3v) is 4.30. The highest BCUT2D eigenvalue weighted by molar-refractivity contribution is 5.76. The molecule has 1 unspecified atom stereocenters. The monoisotopic (exact) mass is 240 g/mol. The SMILES string of the molecule is CCC(N)CC(=O)N(C)C1CCC(CC)CC1. The molecule has 0 bridgehead atoms. The minimum atomic E-state index is 0.0249. The first-order valence-electron chi connectivity index (χ1n) is 7.09. The van der Waals surface area contributed by atoms with Gasteiger partial charge in [-0.15, -0.1) is 0 Å². The predicted octanol–water partition coefficient (Wildman–Crippen LogP) is 2.54. The number of nitrogens with zero attached hydrogens (tertiary/aromatic N) is 1. The van der Waals surface area contributed by atoms with Gasteiger partial charge < -0.3 is 10.6 Å². The Morgan fingerprint density at radius 3 is 2.35 bits per heavy atom. The molecular weight excluding hydrogens is 212 g/mol. The van der Waals surface area contributed by atoms with Crippen LogP contribution in [-0.4, -0.2) is 29.9 Å².